The highest BCUT2D eigenvalue weighted by molar-refractivity contribution is 5.95. The van der Waals surface area contributed by atoms with Gasteiger partial charge >= 0.3 is 0 Å². The second kappa shape index (κ2) is 12.3. The largest absolute Gasteiger partial charge is 0.490 e. The van der Waals surface area contributed by atoms with Crippen LogP contribution in [0.1, 0.15) is 47.1 Å². The van der Waals surface area contributed by atoms with Crippen LogP contribution in [0.15, 0.2) is 52.2 Å². The Balaban J connectivity index is 1.31. The number of anilines is 1. The lowest BCUT2D eigenvalue weighted by Crippen LogP contribution is -2.26. The molecule has 1 saturated heterocycles. The summed E-state index contributed by atoms with van der Waals surface area (Å²) in [7, 11) is 0. The minimum absolute atomic E-state index is 0.0293. The summed E-state index contributed by atoms with van der Waals surface area (Å²) >= 11 is 0. The lowest BCUT2D eigenvalue weighted by Gasteiger charge is -2.13. The van der Waals surface area contributed by atoms with Gasteiger partial charge < -0.3 is 15.2 Å². The van der Waals surface area contributed by atoms with Crippen LogP contribution in [0.3, 0.4) is 0 Å². The van der Waals surface area contributed by atoms with E-state index in [1.165, 1.54) is 23.0 Å². The third-order valence-corrected chi connectivity index (χ3v) is 6.15. The number of amides is 1. The zero-order valence-corrected chi connectivity index (χ0v) is 21.8. The molecule has 208 valence electrons. The first-order chi connectivity index (χ1) is 19.5. The lowest BCUT2D eigenvalue weighted by atomic mass is 10.2. The number of ether oxygens (including phenoxy) is 2. The van der Waals surface area contributed by atoms with Gasteiger partial charge in [-0.05, 0) is 84.6 Å². The molecule has 0 saturated carbocycles. The lowest BCUT2D eigenvalue weighted by molar-refractivity contribution is 0.0945. The summed E-state index contributed by atoms with van der Waals surface area (Å²) in [6.45, 7) is 4.68. The molecule has 1 aliphatic heterocycles. The molecule has 14 heteroatoms. The van der Waals surface area contributed by atoms with Crippen LogP contribution >= 0.6 is 0 Å². The zero-order chi connectivity index (χ0) is 27.9. The predicted octanol–water partition coefficient (Wildman–Crippen LogP) is 2.71. The Hall–Kier alpha value is -4.85. The van der Waals surface area contributed by atoms with Gasteiger partial charge in [0.25, 0.3) is 5.91 Å². The smallest absolute Gasteiger partial charge is 0.292 e. The summed E-state index contributed by atoms with van der Waals surface area (Å²) in [5.41, 5.74) is 10.3. The molecule has 1 fully saturated rings. The van der Waals surface area contributed by atoms with E-state index in [2.05, 4.69) is 40.7 Å². The molecular formula is C26H28FN9O4. The number of carbonyl (C=O) groups is 1. The summed E-state index contributed by atoms with van der Waals surface area (Å²) in [6, 6.07) is 11.4. The fourth-order valence-corrected chi connectivity index (χ4v) is 4.28. The van der Waals surface area contributed by atoms with Gasteiger partial charge in [0.15, 0.2) is 17.2 Å². The van der Waals surface area contributed by atoms with E-state index in [1.54, 1.807) is 30.3 Å². The topological polar surface area (TPSA) is 159 Å². The molecule has 0 bridgehead atoms. The van der Waals surface area contributed by atoms with Gasteiger partial charge in [-0.3, -0.25) is 9.69 Å². The van der Waals surface area contributed by atoms with Crippen molar-refractivity contribution in [2.75, 3.05) is 25.4 Å². The normalized spacial score (nSPS) is 13.7. The van der Waals surface area contributed by atoms with Gasteiger partial charge in [0.2, 0.25) is 11.6 Å². The van der Waals surface area contributed by atoms with Gasteiger partial charge in [0.1, 0.15) is 18.1 Å². The molecule has 4 aromatic rings. The minimum Gasteiger partial charge on any atom is -0.490 e. The predicted molar refractivity (Wildman–Crippen MR) is 142 cm³/mol. The summed E-state index contributed by atoms with van der Waals surface area (Å²) in [6.07, 6.45) is 3.63. The molecule has 3 N–H and O–H groups in total. The minimum atomic E-state index is -0.557. The number of halogens is 1. The number of rotatable bonds is 11. The molecule has 2 aromatic carbocycles. The molecular weight excluding hydrogens is 521 g/mol. The van der Waals surface area contributed by atoms with Crippen LogP contribution in [0.25, 0.3) is 5.82 Å². The number of nitrogens with two attached hydrogens (primary N) is 1. The van der Waals surface area contributed by atoms with Crippen molar-refractivity contribution in [2.24, 2.45) is 5.10 Å². The van der Waals surface area contributed by atoms with Gasteiger partial charge in [0, 0.05) is 6.54 Å². The zero-order valence-electron chi connectivity index (χ0n) is 21.8. The van der Waals surface area contributed by atoms with E-state index in [4.69, 9.17) is 15.2 Å². The average Bonchev–Trinajstić information content (AvgIpc) is 3.70. The highest BCUT2D eigenvalue weighted by Gasteiger charge is 2.27. The molecule has 0 spiro atoms. The highest BCUT2D eigenvalue weighted by atomic mass is 19.1. The molecule has 0 unspecified atom stereocenters. The molecule has 0 radical (unpaired) electrons. The Morgan fingerprint density at radius 1 is 1.18 bits per heavy atom. The van der Waals surface area contributed by atoms with Crippen molar-refractivity contribution >= 4 is 17.9 Å². The monoisotopic (exact) mass is 549 g/mol. The summed E-state index contributed by atoms with van der Waals surface area (Å²) in [4.78, 5) is 15.4. The second-order valence-corrected chi connectivity index (χ2v) is 9.01. The van der Waals surface area contributed by atoms with Crippen molar-refractivity contribution in [1.82, 2.24) is 35.6 Å². The van der Waals surface area contributed by atoms with E-state index >= 15 is 0 Å². The second-order valence-electron chi connectivity index (χ2n) is 9.01. The maximum absolute atomic E-state index is 13.5. The SMILES string of the molecule is CCOc1cc(/C=N\NC(=O)c2c(CN3CCCC3)nnn2-c2nonc2N)ccc1OCc1cccc(F)c1. The Morgan fingerprint density at radius 3 is 2.77 bits per heavy atom. The number of carbonyl (C=O) groups excluding carboxylic acids is 1. The van der Waals surface area contributed by atoms with Crippen LogP contribution in [0, 0.1) is 5.82 Å². The number of likely N-dealkylation sites (tertiary alicyclic amines) is 1. The Kier molecular flexibility index (Phi) is 8.25. The molecule has 2 aromatic heterocycles. The van der Waals surface area contributed by atoms with Crippen molar-refractivity contribution in [1.29, 1.82) is 0 Å². The van der Waals surface area contributed by atoms with Crippen LogP contribution < -0.4 is 20.6 Å². The van der Waals surface area contributed by atoms with Crippen molar-refractivity contribution in [3.8, 4) is 17.3 Å². The Labute approximate surface area is 228 Å². The molecule has 0 aliphatic carbocycles. The van der Waals surface area contributed by atoms with Gasteiger partial charge in [-0.1, -0.05) is 17.3 Å². The molecule has 1 amide bonds. The number of nitrogens with zero attached hydrogens (tertiary/aromatic N) is 7. The van der Waals surface area contributed by atoms with Gasteiger partial charge in [-0.25, -0.2) is 14.4 Å². The highest BCUT2D eigenvalue weighted by Crippen LogP contribution is 2.29. The number of hydrogen-bond acceptors (Lipinski definition) is 11. The van der Waals surface area contributed by atoms with E-state index in [0.29, 0.717) is 41.5 Å². The molecule has 5 rings (SSSR count). The van der Waals surface area contributed by atoms with Crippen LogP contribution in [0.2, 0.25) is 0 Å². The van der Waals surface area contributed by atoms with E-state index < -0.39 is 5.91 Å². The number of hydrazone groups is 1. The fraction of sp³-hybridized carbons (Fsp3) is 0.308. The summed E-state index contributed by atoms with van der Waals surface area (Å²) < 4.78 is 30.9. The van der Waals surface area contributed by atoms with Gasteiger partial charge in [-0.15, -0.1) is 5.10 Å². The first-order valence-corrected chi connectivity index (χ1v) is 12.7. The average molecular weight is 550 g/mol. The Bertz CT molecular complexity index is 1500. The third kappa shape index (κ3) is 6.23. The molecule has 13 nitrogen and oxygen atoms in total. The molecule has 1 aliphatic rings. The number of nitrogen functional groups attached to an aromatic ring is 1. The number of benzene rings is 2. The van der Waals surface area contributed by atoms with Gasteiger partial charge in [-0.2, -0.15) is 9.78 Å². The maximum Gasteiger partial charge on any atom is 0.292 e. The summed E-state index contributed by atoms with van der Waals surface area (Å²) in [5.74, 6) is 0.120. The van der Waals surface area contributed by atoms with Crippen LogP contribution in [-0.2, 0) is 13.2 Å². The first-order valence-electron chi connectivity index (χ1n) is 12.7. The molecule has 40 heavy (non-hydrogen) atoms. The van der Waals surface area contributed by atoms with Crippen molar-refractivity contribution in [2.45, 2.75) is 32.9 Å². The van der Waals surface area contributed by atoms with Crippen LogP contribution in [-0.4, -0.2) is 62.0 Å². The summed E-state index contributed by atoms with van der Waals surface area (Å²) in [5, 5.41) is 19.7. The number of hydrogen-bond donors (Lipinski definition) is 2. The number of aromatic nitrogens is 5. The van der Waals surface area contributed by atoms with E-state index in [1.807, 2.05) is 6.92 Å². The van der Waals surface area contributed by atoms with E-state index in [0.717, 1.165) is 25.9 Å². The number of nitrogens with one attached hydrogen (secondary N) is 1. The van der Waals surface area contributed by atoms with Gasteiger partial charge in [0.05, 0.1) is 12.8 Å². The van der Waals surface area contributed by atoms with Crippen molar-refractivity contribution < 1.29 is 23.3 Å². The Morgan fingerprint density at radius 2 is 2.02 bits per heavy atom. The molecule has 3 heterocycles. The van der Waals surface area contributed by atoms with E-state index in [9.17, 15) is 9.18 Å². The quantitative estimate of drug-likeness (QED) is 0.210. The van der Waals surface area contributed by atoms with Crippen molar-refractivity contribution in [3.63, 3.8) is 0 Å². The third-order valence-electron chi connectivity index (χ3n) is 6.15. The standard InChI is InChI=1S/C26H28FN9O4/c1-2-38-22-13-17(8-9-21(22)39-16-18-6-5-7-19(27)12-18)14-29-31-26(37)23-20(15-35-10-3-4-11-35)30-34-36(23)25-24(28)32-40-33-25/h5-9,12-14H,2-4,10-11,15-16H2,1H3,(H2,28,32)(H,31,37)/b29-14-. The van der Waals surface area contributed by atoms with Crippen LogP contribution in [0.5, 0.6) is 11.5 Å². The fourth-order valence-electron chi connectivity index (χ4n) is 4.28. The maximum atomic E-state index is 13.5. The van der Waals surface area contributed by atoms with E-state index in [-0.39, 0.29) is 29.8 Å². The van der Waals surface area contributed by atoms with Crippen molar-refractivity contribution in [3.05, 3.63) is 70.8 Å². The molecule has 0 atom stereocenters. The first kappa shape index (κ1) is 26.7. The van der Waals surface area contributed by atoms with Crippen LogP contribution in [0.4, 0.5) is 10.2 Å².